The first kappa shape index (κ1) is 23.6. The van der Waals surface area contributed by atoms with Crippen molar-refractivity contribution in [2.75, 3.05) is 6.61 Å². The molecule has 0 saturated carbocycles. The Morgan fingerprint density at radius 1 is 0.656 bits per heavy atom. The number of hydrogen-bond donors (Lipinski definition) is 0. The van der Waals surface area contributed by atoms with Crippen LogP contribution in [0, 0.1) is 0 Å². The van der Waals surface area contributed by atoms with Crippen LogP contribution in [0.2, 0.25) is 0 Å². The van der Waals surface area contributed by atoms with Gasteiger partial charge >= 0.3 is 5.97 Å². The SMILES string of the molecule is CCCCCCOc1ccc(-c2ccc(C(=O)Oc3ccc(CCCC)cc3)cc2)cc1. The van der Waals surface area contributed by atoms with E-state index in [4.69, 9.17) is 9.47 Å². The van der Waals surface area contributed by atoms with Gasteiger partial charge in [-0.15, -0.1) is 0 Å². The summed E-state index contributed by atoms with van der Waals surface area (Å²) in [6.07, 6.45) is 8.20. The van der Waals surface area contributed by atoms with Crippen molar-refractivity contribution in [1.29, 1.82) is 0 Å². The van der Waals surface area contributed by atoms with Gasteiger partial charge in [0.2, 0.25) is 0 Å². The Morgan fingerprint density at radius 3 is 1.88 bits per heavy atom. The number of unbranched alkanes of at least 4 members (excludes halogenated alkanes) is 4. The van der Waals surface area contributed by atoms with E-state index in [9.17, 15) is 4.79 Å². The van der Waals surface area contributed by atoms with Crippen LogP contribution in [-0.4, -0.2) is 12.6 Å². The molecule has 0 fully saturated rings. The summed E-state index contributed by atoms with van der Waals surface area (Å²) >= 11 is 0. The molecular formula is C29H34O3. The van der Waals surface area contributed by atoms with Crippen LogP contribution in [0.25, 0.3) is 11.1 Å². The first-order valence-corrected chi connectivity index (χ1v) is 11.8. The second-order valence-corrected chi connectivity index (χ2v) is 8.15. The number of rotatable bonds is 12. The molecule has 0 saturated heterocycles. The van der Waals surface area contributed by atoms with Gasteiger partial charge < -0.3 is 9.47 Å². The second-order valence-electron chi connectivity index (χ2n) is 8.15. The zero-order valence-electron chi connectivity index (χ0n) is 19.3. The van der Waals surface area contributed by atoms with Gasteiger partial charge in [0, 0.05) is 0 Å². The van der Waals surface area contributed by atoms with Gasteiger partial charge in [-0.25, -0.2) is 4.79 Å². The maximum Gasteiger partial charge on any atom is 0.343 e. The molecule has 0 aliphatic carbocycles. The lowest BCUT2D eigenvalue weighted by molar-refractivity contribution is 0.0734. The molecule has 32 heavy (non-hydrogen) atoms. The Morgan fingerprint density at radius 2 is 1.25 bits per heavy atom. The summed E-state index contributed by atoms with van der Waals surface area (Å²) in [5.41, 5.74) is 3.95. The Balaban J connectivity index is 1.53. The molecule has 0 aliphatic heterocycles. The summed E-state index contributed by atoms with van der Waals surface area (Å²) in [6, 6.07) is 23.4. The van der Waals surface area contributed by atoms with Crippen molar-refractivity contribution in [2.45, 2.75) is 58.8 Å². The van der Waals surface area contributed by atoms with Gasteiger partial charge in [-0.05, 0) is 72.4 Å². The highest BCUT2D eigenvalue weighted by atomic mass is 16.5. The van der Waals surface area contributed by atoms with E-state index >= 15 is 0 Å². The minimum absolute atomic E-state index is 0.343. The van der Waals surface area contributed by atoms with Gasteiger partial charge in [-0.1, -0.05) is 75.9 Å². The van der Waals surface area contributed by atoms with Crippen LogP contribution in [-0.2, 0) is 6.42 Å². The Hall–Kier alpha value is -3.07. The zero-order chi connectivity index (χ0) is 22.6. The van der Waals surface area contributed by atoms with Crippen LogP contribution in [0.5, 0.6) is 11.5 Å². The highest BCUT2D eigenvalue weighted by molar-refractivity contribution is 5.91. The summed E-state index contributed by atoms with van der Waals surface area (Å²) in [7, 11) is 0. The molecule has 0 bridgehead atoms. The second kappa shape index (κ2) is 12.7. The van der Waals surface area contributed by atoms with Crippen LogP contribution in [0.4, 0.5) is 0 Å². The fourth-order valence-electron chi connectivity index (χ4n) is 3.53. The standard InChI is InChI=1S/C29H34O3/c1-3-5-7-8-22-31-27-20-16-25(17-21-27)24-12-14-26(15-13-24)29(30)32-28-18-10-23(11-19-28)9-6-4-2/h10-21H,3-9,22H2,1-2H3. The van der Waals surface area contributed by atoms with Crippen LogP contribution in [0.3, 0.4) is 0 Å². The molecule has 168 valence electrons. The summed E-state index contributed by atoms with van der Waals surface area (Å²) in [4.78, 5) is 12.5. The molecule has 3 aromatic carbocycles. The number of aryl methyl sites for hydroxylation is 1. The first-order valence-electron chi connectivity index (χ1n) is 11.8. The highest BCUT2D eigenvalue weighted by Gasteiger charge is 2.09. The minimum Gasteiger partial charge on any atom is -0.494 e. The van der Waals surface area contributed by atoms with Crippen molar-refractivity contribution in [1.82, 2.24) is 0 Å². The number of hydrogen-bond acceptors (Lipinski definition) is 3. The Kier molecular flexibility index (Phi) is 9.37. The van der Waals surface area contributed by atoms with Gasteiger partial charge in [0.15, 0.2) is 0 Å². The molecule has 3 rings (SSSR count). The van der Waals surface area contributed by atoms with E-state index < -0.39 is 0 Å². The topological polar surface area (TPSA) is 35.5 Å². The fourth-order valence-corrected chi connectivity index (χ4v) is 3.53. The lowest BCUT2D eigenvalue weighted by Crippen LogP contribution is -2.08. The zero-order valence-corrected chi connectivity index (χ0v) is 19.3. The van der Waals surface area contributed by atoms with Gasteiger partial charge in [-0.3, -0.25) is 0 Å². The average molecular weight is 431 g/mol. The van der Waals surface area contributed by atoms with E-state index in [2.05, 4.69) is 26.0 Å². The largest absolute Gasteiger partial charge is 0.494 e. The van der Waals surface area contributed by atoms with E-state index in [0.717, 1.165) is 36.3 Å². The van der Waals surface area contributed by atoms with Gasteiger partial charge in [0.05, 0.1) is 12.2 Å². The van der Waals surface area contributed by atoms with Crippen LogP contribution in [0.15, 0.2) is 72.8 Å². The molecule has 3 nitrogen and oxygen atoms in total. The lowest BCUT2D eigenvalue weighted by Gasteiger charge is -2.08. The van der Waals surface area contributed by atoms with Gasteiger partial charge in [0.1, 0.15) is 11.5 Å². The van der Waals surface area contributed by atoms with E-state index in [1.165, 1.54) is 37.7 Å². The van der Waals surface area contributed by atoms with Crippen molar-refractivity contribution < 1.29 is 14.3 Å². The van der Waals surface area contributed by atoms with E-state index in [-0.39, 0.29) is 5.97 Å². The average Bonchev–Trinajstić information content (AvgIpc) is 2.84. The first-order chi connectivity index (χ1) is 15.7. The summed E-state index contributed by atoms with van der Waals surface area (Å²) < 4.78 is 11.3. The predicted molar refractivity (Wildman–Crippen MR) is 132 cm³/mol. The van der Waals surface area contributed by atoms with Crippen molar-refractivity contribution in [3.63, 3.8) is 0 Å². The van der Waals surface area contributed by atoms with Crippen LogP contribution >= 0.6 is 0 Å². The Bertz CT molecular complexity index is 941. The van der Waals surface area contributed by atoms with Crippen molar-refractivity contribution >= 4 is 5.97 Å². The molecule has 0 amide bonds. The number of carbonyl (C=O) groups is 1. The molecule has 3 heteroatoms. The quantitative estimate of drug-likeness (QED) is 0.167. The summed E-state index contributed by atoms with van der Waals surface area (Å²) in [5.74, 6) is 1.13. The molecule has 0 heterocycles. The minimum atomic E-state index is -0.343. The third kappa shape index (κ3) is 7.26. The molecule has 0 unspecified atom stereocenters. The number of esters is 1. The van der Waals surface area contributed by atoms with E-state index in [1.54, 1.807) is 0 Å². The normalized spacial score (nSPS) is 10.7. The number of carbonyl (C=O) groups excluding carboxylic acids is 1. The molecule has 0 aromatic heterocycles. The molecule has 0 N–H and O–H groups in total. The molecular weight excluding hydrogens is 396 g/mol. The maximum atomic E-state index is 12.5. The van der Waals surface area contributed by atoms with Crippen molar-refractivity contribution in [2.24, 2.45) is 0 Å². The molecule has 0 atom stereocenters. The van der Waals surface area contributed by atoms with Crippen LogP contribution < -0.4 is 9.47 Å². The smallest absolute Gasteiger partial charge is 0.343 e. The summed E-state index contributed by atoms with van der Waals surface area (Å²) in [6.45, 7) is 5.15. The number of ether oxygens (including phenoxy) is 2. The number of benzene rings is 3. The third-order valence-corrected chi connectivity index (χ3v) is 5.53. The molecule has 0 aliphatic rings. The van der Waals surface area contributed by atoms with Crippen LogP contribution in [0.1, 0.15) is 68.3 Å². The van der Waals surface area contributed by atoms with Gasteiger partial charge in [0.25, 0.3) is 0 Å². The monoisotopic (exact) mass is 430 g/mol. The van der Waals surface area contributed by atoms with Crippen molar-refractivity contribution in [3.05, 3.63) is 83.9 Å². The van der Waals surface area contributed by atoms with E-state index in [0.29, 0.717) is 11.3 Å². The van der Waals surface area contributed by atoms with E-state index in [1.807, 2.05) is 60.7 Å². The highest BCUT2D eigenvalue weighted by Crippen LogP contribution is 2.24. The predicted octanol–water partition coefficient (Wildman–Crippen LogP) is 7.87. The third-order valence-electron chi connectivity index (χ3n) is 5.53. The maximum absolute atomic E-state index is 12.5. The molecule has 0 radical (unpaired) electrons. The molecule has 0 spiro atoms. The molecule has 3 aromatic rings. The van der Waals surface area contributed by atoms with Gasteiger partial charge in [-0.2, -0.15) is 0 Å². The summed E-state index contributed by atoms with van der Waals surface area (Å²) in [5, 5.41) is 0. The lowest BCUT2D eigenvalue weighted by atomic mass is 10.0. The Labute approximate surface area is 192 Å². The fraction of sp³-hybridized carbons (Fsp3) is 0.345. The van der Waals surface area contributed by atoms with Crippen molar-refractivity contribution in [3.8, 4) is 22.6 Å².